The minimum Gasteiger partial charge on any atom is -0.481 e. The molecule has 1 aliphatic heterocycles. The van der Waals surface area contributed by atoms with Gasteiger partial charge in [0.2, 0.25) is 0 Å². The number of carboxylic acid groups (broad SMARTS) is 8. The predicted molar refractivity (Wildman–Crippen MR) is 211 cm³/mol. The zero-order chi connectivity index (χ0) is 47.4. The maximum absolute atomic E-state index is 10.3. The molecule has 0 unspecified atom stereocenters. The first-order chi connectivity index (χ1) is 27.8. The van der Waals surface area contributed by atoms with Gasteiger partial charge in [0.05, 0.1) is 12.7 Å². The molecule has 0 saturated carbocycles. The summed E-state index contributed by atoms with van der Waals surface area (Å²) < 4.78 is 0. The fourth-order valence-electron chi connectivity index (χ4n) is 3.57. The summed E-state index contributed by atoms with van der Waals surface area (Å²) in [5.41, 5.74) is 41.6. The van der Waals surface area contributed by atoms with Crippen molar-refractivity contribution in [2.75, 3.05) is 19.6 Å². The third-order valence-electron chi connectivity index (χ3n) is 6.94. The molecule has 0 spiro atoms. The highest BCUT2D eigenvalue weighted by molar-refractivity contribution is 5.80. The molecule has 1 aromatic heterocycles. The van der Waals surface area contributed by atoms with Gasteiger partial charge in [-0.1, -0.05) is 6.42 Å². The summed E-state index contributed by atoms with van der Waals surface area (Å²) in [6.07, 6.45) is 7.48. The average molecular weight is 871 g/mol. The number of carboxylic acids is 8. The van der Waals surface area contributed by atoms with Crippen molar-refractivity contribution in [3.63, 3.8) is 0 Å². The van der Waals surface area contributed by atoms with Crippen molar-refractivity contribution >= 4 is 53.7 Å². The zero-order valence-corrected chi connectivity index (χ0v) is 32.9. The number of aromatic nitrogens is 2. The number of hydrogen-bond acceptors (Lipinski definition) is 17. The fourth-order valence-corrected chi connectivity index (χ4v) is 3.57. The average Bonchev–Trinajstić information content (AvgIpc) is 3.89. The van der Waals surface area contributed by atoms with Crippen molar-refractivity contribution in [3.05, 3.63) is 18.2 Å². The Morgan fingerprint density at radius 3 is 1.48 bits per heavy atom. The van der Waals surface area contributed by atoms with E-state index in [4.69, 9.17) is 86.7 Å². The van der Waals surface area contributed by atoms with Gasteiger partial charge in [0.15, 0.2) is 5.96 Å². The number of unbranched alkanes of at least 4 members (excludes halogenated alkanes) is 1. The van der Waals surface area contributed by atoms with Crippen molar-refractivity contribution in [3.8, 4) is 0 Å². The molecule has 346 valence electrons. The molecule has 1 aromatic rings. The normalized spacial score (nSPS) is 14.7. The molecule has 0 aliphatic carbocycles. The molecule has 1 aliphatic rings. The number of aliphatic carboxylic acids is 8. The second kappa shape index (κ2) is 37.2. The number of rotatable bonds is 21. The molecular weight excluding hydrogens is 808 g/mol. The number of imidazole rings is 1. The van der Waals surface area contributed by atoms with Crippen LogP contribution in [0.15, 0.2) is 17.5 Å². The largest absolute Gasteiger partial charge is 0.481 e. The lowest BCUT2D eigenvalue weighted by Gasteiger charge is -2.03. The van der Waals surface area contributed by atoms with Crippen LogP contribution in [0.3, 0.4) is 0 Å². The smallest absolute Gasteiger partial charge is 0.321 e. The molecule has 1 fully saturated rings. The molecule has 1 saturated heterocycles. The first kappa shape index (κ1) is 60.6. The molecule has 2 rings (SSSR count). The standard InChI is InChI=1S/C6H14N4O2.C6H9N3O2.C6H14N2O2.C5H9NO4.C5H9NO2.C4H7NO4/c7-4(5(11)12)2-1-3-10-6(8)9;7-5(6(10)11)1-4-2-8-3-9-4;7-4-2-1-3-5(8)6(9)10;6-3(5(9)10)1-2-4(7)8;7-5(8)4-2-1-3-6-4;5-2(4(8)9)1-3(6)7/h4H,1-3,7H2,(H,11,12)(H4,8,9,10);2-3,5H,1,7H2,(H,8,9)(H,10,11);5H,1-4,7-8H2,(H,9,10);3H,1-2,6H2,(H,7,8)(H,9,10);4,6H,1-3H2,(H,7,8);2H,1,5H2,(H,6,7)(H,8,9)/t4-;2*5-;3-;4-;2-/m111111/s1. The van der Waals surface area contributed by atoms with Gasteiger partial charge in [-0.15, -0.1) is 0 Å². The van der Waals surface area contributed by atoms with E-state index >= 15 is 0 Å². The lowest BCUT2D eigenvalue weighted by Crippen LogP contribution is -2.32. The Hall–Kier alpha value is -6.04. The Morgan fingerprint density at radius 2 is 1.17 bits per heavy atom. The summed E-state index contributed by atoms with van der Waals surface area (Å²) in [4.78, 5) is 90.4. The van der Waals surface area contributed by atoms with Crippen molar-refractivity contribution < 1.29 is 79.2 Å². The molecule has 0 radical (unpaired) electrons. The summed E-state index contributed by atoms with van der Waals surface area (Å²) in [5.74, 6) is -8.34. The minimum absolute atomic E-state index is 0.0129. The van der Waals surface area contributed by atoms with Crippen molar-refractivity contribution in [2.24, 2.45) is 50.9 Å². The van der Waals surface area contributed by atoms with Crippen LogP contribution in [-0.4, -0.2) is 160 Å². The summed E-state index contributed by atoms with van der Waals surface area (Å²) in [7, 11) is 0. The molecule has 60 heavy (non-hydrogen) atoms. The number of nitrogens with one attached hydrogen (secondary N) is 2. The van der Waals surface area contributed by atoms with Crippen LogP contribution in [0.1, 0.15) is 69.9 Å². The third kappa shape index (κ3) is 41.6. The molecule has 26 N–H and O–H groups in total. The molecule has 6 atom stereocenters. The van der Waals surface area contributed by atoms with Gasteiger partial charge >= 0.3 is 47.8 Å². The summed E-state index contributed by atoms with van der Waals surface area (Å²) in [6.45, 7) is 1.88. The highest BCUT2D eigenvalue weighted by Crippen LogP contribution is 2.03. The van der Waals surface area contributed by atoms with Crippen LogP contribution >= 0.6 is 0 Å². The van der Waals surface area contributed by atoms with Gasteiger partial charge < -0.3 is 97.0 Å². The molecule has 0 aromatic carbocycles. The van der Waals surface area contributed by atoms with E-state index in [1.165, 1.54) is 6.33 Å². The monoisotopic (exact) mass is 870 g/mol. The lowest BCUT2D eigenvalue weighted by molar-refractivity contribution is -0.144. The molecule has 2 heterocycles. The second-order valence-corrected chi connectivity index (χ2v) is 12.3. The maximum atomic E-state index is 10.3. The SMILES string of the molecule is NC(N)=NCCC[C@@H](N)C(=O)O.NCCCC[C@@H](N)C(=O)O.N[C@H](CC(=O)O)C(=O)O.N[C@H](CCC(=O)O)C(=O)O.N[C@H](Cc1cnc[nH]1)C(=O)O.O=C(O)[C@H]1CCCN1. The number of carbonyl (C=O) groups is 8. The molecule has 28 nitrogen and oxygen atoms in total. The first-order valence-corrected chi connectivity index (χ1v) is 17.8. The fraction of sp³-hybridized carbons (Fsp3) is 0.625. The van der Waals surface area contributed by atoms with E-state index in [0.29, 0.717) is 32.4 Å². The van der Waals surface area contributed by atoms with Crippen LogP contribution in [0.25, 0.3) is 0 Å². The molecule has 0 amide bonds. The second-order valence-electron chi connectivity index (χ2n) is 12.3. The molecule has 28 heteroatoms. The number of nitrogens with two attached hydrogens (primary N) is 8. The number of H-pyrrole nitrogens is 1. The van der Waals surface area contributed by atoms with Crippen molar-refractivity contribution in [1.29, 1.82) is 0 Å². The Morgan fingerprint density at radius 1 is 0.683 bits per heavy atom. The number of nitrogens with zero attached hydrogens (tertiary/aromatic N) is 2. The van der Waals surface area contributed by atoms with Gasteiger partial charge in [0.25, 0.3) is 0 Å². The Bertz CT molecular complexity index is 1430. The van der Waals surface area contributed by atoms with Crippen LogP contribution < -0.4 is 51.2 Å². The van der Waals surface area contributed by atoms with Crippen LogP contribution in [0.4, 0.5) is 0 Å². The third-order valence-corrected chi connectivity index (χ3v) is 6.94. The van der Waals surface area contributed by atoms with Crippen molar-refractivity contribution in [2.45, 2.75) is 107 Å². The van der Waals surface area contributed by atoms with Gasteiger partial charge in [-0.3, -0.25) is 43.3 Å². The Kier molecular flexibility index (Phi) is 37.6. The Labute approximate surface area is 343 Å². The minimum atomic E-state index is -1.29. The van der Waals surface area contributed by atoms with Crippen LogP contribution in [0.5, 0.6) is 0 Å². The van der Waals surface area contributed by atoms with Crippen LogP contribution in [0.2, 0.25) is 0 Å². The van der Waals surface area contributed by atoms with E-state index in [1.54, 1.807) is 6.20 Å². The number of aromatic amines is 1. The summed E-state index contributed by atoms with van der Waals surface area (Å²) in [5, 5.41) is 68.6. The van der Waals surface area contributed by atoms with Crippen LogP contribution in [-0.2, 0) is 44.8 Å². The number of guanidine groups is 1. The molecule has 0 bridgehead atoms. The summed E-state index contributed by atoms with van der Waals surface area (Å²) >= 11 is 0. The van der Waals surface area contributed by atoms with E-state index in [1.807, 2.05) is 0 Å². The van der Waals surface area contributed by atoms with Gasteiger partial charge in [-0.05, 0) is 58.0 Å². The topological polar surface area (TPSA) is 560 Å². The van der Waals surface area contributed by atoms with E-state index in [-0.39, 0.29) is 31.3 Å². The van der Waals surface area contributed by atoms with E-state index in [9.17, 15) is 38.4 Å². The van der Waals surface area contributed by atoms with E-state index < -0.39 is 84.4 Å². The van der Waals surface area contributed by atoms with Gasteiger partial charge in [0.1, 0.15) is 36.3 Å². The first-order valence-electron chi connectivity index (χ1n) is 17.8. The van der Waals surface area contributed by atoms with Crippen molar-refractivity contribution in [1.82, 2.24) is 15.3 Å². The quantitative estimate of drug-likeness (QED) is 0.0313. The zero-order valence-electron chi connectivity index (χ0n) is 32.9. The molecular formula is C32H62N12O16. The van der Waals surface area contributed by atoms with Crippen LogP contribution in [0, 0.1) is 0 Å². The number of aliphatic imine (C=N–C) groups is 1. The maximum Gasteiger partial charge on any atom is 0.321 e. The highest BCUT2D eigenvalue weighted by Gasteiger charge is 2.20. The van der Waals surface area contributed by atoms with Gasteiger partial charge in [0, 0.05) is 31.3 Å². The van der Waals surface area contributed by atoms with E-state index in [0.717, 1.165) is 37.9 Å². The van der Waals surface area contributed by atoms with E-state index in [2.05, 4.69) is 20.3 Å². The Balaban J connectivity index is -0.000000315. The lowest BCUT2D eigenvalue weighted by atomic mass is 10.1. The van der Waals surface area contributed by atoms with Gasteiger partial charge in [-0.25, -0.2) is 4.98 Å². The summed E-state index contributed by atoms with van der Waals surface area (Å²) in [6, 6.07) is -5.00. The predicted octanol–water partition coefficient (Wildman–Crippen LogP) is -4.70. The van der Waals surface area contributed by atoms with Gasteiger partial charge in [-0.2, -0.15) is 0 Å². The highest BCUT2D eigenvalue weighted by atomic mass is 16.4. The number of hydrogen-bond donors (Lipinski definition) is 18.